The predicted molar refractivity (Wildman–Crippen MR) is 62.0 cm³/mol. The molecular weight excluding hydrogens is 210 g/mol. The fourth-order valence-corrected chi connectivity index (χ4v) is 2.24. The number of hydrogen-bond donors (Lipinski definition) is 1. The summed E-state index contributed by atoms with van der Waals surface area (Å²) >= 11 is 1.68. The first-order chi connectivity index (χ1) is 7.27. The van der Waals surface area contributed by atoms with Crippen LogP contribution < -0.4 is 5.32 Å². The van der Waals surface area contributed by atoms with Gasteiger partial charge in [0.25, 0.3) is 0 Å². The maximum atomic E-state index is 11.4. The highest BCUT2D eigenvalue weighted by Crippen LogP contribution is 2.22. The molecular formula is C11H17NO2S. The van der Waals surface area contributed by atoms with E-state index in [1.54, 1.807) is 11.3 Å². The number of nitrogens with one attached hydrogen (secondary N) is 1. The molecule has 1 aromatic heterocycles. The number of ether oxygens (including phenoxy) is 1. The van der Waals surface area contributed by atoms with E-state index in [9.17, 15) is 4.79 Å². The normalized spacial score (nSPS) is 12.4. The van der Waals surface area contributed by atoms with Gasteiger partial charge < -0.3 is 10.1 Å². The highest BCUT2D eigenvalue weighted by Gasteiger charge is 2.13. The molecule has 0 spiro atoms. The van der Waals surface area contributed by atoms with Crippen molar-refractivity contribution in [1.82, 2.24) is 5.32 Å². The lowest BCUT2D eigenvalue weighted by atomic mass is 10.1. The van der Waals surface area contributed by atoms with Crippen LogP contribution in [0.25, 0.3) is 0 Å². The monoisotopic (exact) mass is 227 g/mol. The van der Waals surface area contributed by atoms with Crippen molar-refractivity contribution in [2.24, 2.45) is 0 Å². The number of carbonyl (C=O) groups excluding carboxylic acids is 1. The highest BCUT2D eigenvalue weighted by molar-refractivity contribution is 7.10. The molecule has 0 saturated heterocycles. The van der Waals surface area contributed by atoms with Crippen LogP contribution in [0.4, 0.5) is 0 Å². The Kier molecular flexibility index (Phi) is 5.36. The zero-order valence-corrected chi connectivity index (χ0v) is 9.97. The maximum Gasteiger partial charge on any atom is 0.246 e. The van der Waals surface area contributed by atoms with Gasteiger partial charge in [-0.15, -0.1) is 11.3 Å². The second-order valence-corrected chi connectivity index (χ2v) is 4.34. The lowest BCUT2D eigenvalue weighted by molar-refractivity contribution is -0.125. The maximum absolute atomic E-state index is 11.4. The quantitative estimate of drug-likeness (QED) is 0.810. The first kappa shape index (κ1) is 12.2. The summed E-state index contributed by atoms with van der Waals surface area (Å²) in [5.74, 6) is -0.0515. The second kappa shape index (κ2) is 6.58. The molecule has 1 N–H and O–H groups in total. The number of thiophene rings is 1. The minimum Gasteiger partial charge on any atom is -0.375 e. The molecule has 1 aromatic rings. The molecule has 1 heterocycles. The fraction of sp³-hybridized carbons (Fsp3) is 0.545. The van der Waals surface area contributed by atoms with E-state index in [2.05, 4.69) is 18.3 Å². The summed E-state index contributed by atoms with van der Waals surface area (Å²) in [6, 6.07) is 4.20. The smallest absolute Gasteiger partial charge is 0.246 e. The molecule has 1 unspecified atom stereocenters. The van der Waals surface area contributed by atoms with Gasteiger partial charge in [-0.3, -0.25) is 4.79 Å². The van der Waals surface area contributed by atoms with Gasteiger partial charge in [-0.05, 0) is 17.9 Å². The molecule has 1 amide bonds. The lowest BCUT2D eigenvalue weighted by Crippen LogP contribution is -2.30. The first-order valence-electron chi connectivity index (χ1n) is 5.09. The molecule has 0 fully saturated rings. The lowest BCUT2D eigenvalue weighted by Gasteiger charge is -2.16. The Morgan fingerprint density at radius 1 is 1.67 bits per heavy atom. The third-order valence-corrected chi connectivity index (χ3v) is 3.06. The van der Waals surface area contributed by atoms with Crippen molar-refractivity contribution in [3.05, 3.63) is 22.4 Å². The fourth-order valence-electron chi connectivity index (χ4n) is 1.43. The molecule has 0 aliphatic carbocycles. The number of amides is 1. The highest BCUT2D eigenvalue weighted by atomic mass is 32.1. The van der Waals surface area contributed by atoms with E-state index in [4.69, 9.17) is 4.74 Å². The summed E-state index contributed by atoms with van der Waals surface area (Å²) in [6.45, 7) is 2.24. The number of rotatable bonds is 6. The van der Waals surface area contributed by atoms with Gasteiger partial charge in [-0.1, -0.05) is 19.4 Å². The molecule has 0 saturated carbocycles. The van der Waals surface area contributed by atoms with Crippen molar-refractivity contribution in [3.8, 4) is 0 Å². The van der Waals surface area contributed by atoms with E-state index >= 15 is 0 Å². The molecule has 0 radical (unpaired) electrons. The Bertz CT molecular complexity index is 285. The van der Waals surface area contributed by atoms with Crippen molar-refractivity contribution in [1.29, 1.82) is 0 Å². The van der Waals surface area contributed by atoms with E-state index in [1.165, 1.54) is 12.0 Å². The summed E-state index contributed by atoms with van der Waals surface area (Å²) in [6.07, 6.45) is 2.02. The summed E-state index contributed by atoms with van der Waals surface area (Å²) in [4.78, 5) is 12.6. The van der Waals surface area contributed by atoms with E-state index in [0.29, 0.717) is 0 Å². The molecule has 84 valence electrons. The van der Waals surface area contributed by atoms with Gasteiger partial charge in [-0.25, -0.2) is 0 Å². The van der Waals surface area contributed by atoms with Gasteiger partial charge >= 0.3 is 0 Å². The Balaban J connectivity index is 2.55. The van der Waals surface area contributed by atoms with Crippen LogP contribution in [0.3, 0.4) is 0 Å². The average molecular weight is 227 g/mol. The third kappa shape index (κ3) is 4.01. The van der Waals surface area contributed by atoms with Crippen LogP contribution in [0, 0.1) is 0 Å². The Morgan fingerprint density at radius 3 is 3.00 bits per heavy atom. The van der Waals surface area contributed by atoms with Crippen LogP contribution in [-0.2, 0) is 9.53 Å². The minimum absolute atomic E-state index is 0.0515. The first-order valence-corrected chi connectivity index (χ1v) is 5.97. The van der Waals surface area contributed by atoms with Gasteiger partial charge in [0.1, 0.15) is 6.61 Å². The van der Waals surface area contributed by atoms with Crippen LogP contribution in [0.2, 0.25) is 0 Å². The predicted octanol–water partition coefficient (Wildman–Crippen LogP) is 2.35. The SMILES string of the molecule is CCCC(NC(=O)COC)c1cccs1. The van der Waals surface area contributed by atoms with Crippen molar-refractivity contribution >= 4 is 17.2 Å². The second-order valence-electron chi connectivity index (χ2n) is 3.36. The van der Waals surface area contributed by atoms with Gasteiger partial charge in [0, 0.05) is 12.0 Å². The minimum atomic E-state index is -0.0515. The van der Waals surface area contributed by atoms with Crippen LogP contribution in [0.1, 0.15) is 30.7 Å². The Morgan fingerprint density at radius 2 is 2.47 bits per heavy atom. The van der Waals surface area contributed by atoms with E-state index in [-0.39, 0.29) is 18.6 Å². The molecule has 4 heteroatoms. The summed E-state index contributed by atoms with van der Waals surface area (Å²) in [7, 11) is 1.53. The van der Waals surface area contributed by atoms with Gasteiger partial charge in [0.2, 0.25) is 5.91 Å². The molecule has 0 bridgehead atoms. The van der Waals surface area contributed by atoms with Gasteiger partial charge in [0.05, 0.1) is 6.04 Å². The molecule has 15 heavy (non-hydrogen) atoms. The van der Waals surface area contributed by atoms with Crippen molar-refractivity contribution in [2.45, 2.75) is 25.8 Å². The number of hydrogen-bond acceptors (Lipinski definition) is 3. The summed E-state index contributed by atoms with van der Waals surface area (Å²) < 4.78 is 4.79. The summed E-state index contributed by atoms with van der Waals surface area (Å²) in [5, 5.41) is 5.00. The molecule has 3 nitrogen and oxygen atoms in total. The summed E-state index contributed by atoms with van der Waals surface area (Å²) in [5.41, 5.74) is 0. The largest absolute Gasteiger partial charge is 0.375 e. The Hall–Kier alpha value is -0.870. The van der Waals surface area contributed by atoms with Crippen molar-refractivity contribution in [3.63, 3.8) is 0 Å². The number of carbonyl (C=O) groups is 1. The topological polar surface area (TPSA) is 38.3 Å². The zero-order valence-electron chi connectivity index (χ0n) is 9.16. The average Bonchev–Trinajstić information content (AvgIpc) is 2.70. The van der Waals surface area contributed by atoms with Crippen molar-refractivity contribution < 1.29 is 9.53 Å². The molecule has 0 aliphatic heterocycles. The molecule has 1 rings (SSSR count). The van der Waals surface area contributed by atoms with Crippen LogP contribution >= 0.6 is 11.3 Å². The zero-order chi connectivity index (χ0) is 11.1. The molecule has 0 aromatic carbocycles. The van der Waals surface area contributed by atoms with Crippen LogP contribution in [0.15, 0.2) is 17.5 Å². The molecule has 0 aliphatic rings. The Labute approximate surface area is 94.5 Å². The van der Waals surface area contributed by atoms with Crippen LogP contribution in [0.5, 0.6) is 0 Å². The van der Waals surface area contributed by atoms with Gasteiger partial charge in [0.15, 0.2) is 0 Å². The number of methoxy groups -OCH3 is 1. The van der Waals surface area contributed by atoms with Gasteiger partial charge in [-0.2, -0.15) is 0 Å². The van der Waals surface area contributed by atoms with Crippen LogP contribution in [-0.4, -0.2) is 19.6 Å². The molecule has 1 atom stereocenters. The van der Waals surface area contributed by atoms with E-state index < -0.39 is 0 Å². The van der Waals surface area contributed by atoms with E-state index in [1.807, 2.05) is 11.4 Å². The third-order valence-electron chi connectivity index (χ3n) is 2.07. The standard InChI is InChI=1S/C11H17NO2S/c1-3-5-9(10-6-4-7-15-10)12-11(13)8-14-2/h4,6-7,9H,3,5,8H2,1-2H3,(H,12,13). The van der Waals surface area contributed by atoms with Crippen molar-refractivity contribution in [2.75, 3.05) is 13.7 Å². The van der Waals surface area contributed by atoms with E-state index in [0.717, 1.165) is 12.8 Å².